The van der Waals surface area contributed by atoms with E-state index in [2.05, 4.69) is 22.9 Å². The van der Waals surface area contributed by atoms with Gasteiger partial charge in [-0.1, -0.05) is 31.3 Å². The number of ether oxygens (including phenoxy) is 1. The van der Waals surface area contributed by atoms with Crippen molar-refractivity contribution in [3.63, 3.8) is 0 Å². The Bertz CT molecular complexity index is 922. The lowest BCUT2D eigenvalue weighted by Crippen LogP contribution is -2.41. The molecule has 6 heteroatoms. The molecule has 158 valence electrons. The Labute approximate surface area is 175 Å². The molecule has 0 saturated heterocycles. The van der Waals surface area contributed by atoms with Gasteiger partial charge in [-0.2, -0.15) is 0 Å². The smallest absolute Gasteiger partial charge is 0.189 e. The zero-order valence-electron chi connectivity index (χ0n) is 17.5. The molecule has 0 aliphatic heterocycles. The van der Waals surface area contributed by atoms with Crippen molar-refractivity contribution in [1.29, 1.82) is 0 Å². The third kappa shape index (κ3) is 3.92. The van der Waals surface area contributed by atoms with Crippen molar-refractivity contribution in [1.82, 2.24) is 5.16 Å². The highest BCUT2D eigenvalue weighted by Gasteiger charge is 2.43. The van der Waals surface area contributed by atoms with Crippen LogP contribution in [0.5, 0.6) is 5.75 Å². The Hall–Kier alpha value is -1.56. The van der Waals surface area contributed by atoms with E-state index in [9.17, 15) is 4.21 Å². The van der Waals surface area contributed by atoms with E-state index in [-0.39, 0.29) is 0 Å². The number of hydrogen-bond acceptors (Lipinski definition) is 4. The number of nitrogens with zero attached hydrogens (tertiary/aromatic N) is 1. The van der Waals surface area contributed by atoms with Crippen LogP contribution in [0.15, 0.2) is 16.7 Å². The second kappa shape index (κ2) is 7.60. The van der Waals surface area contributed by atoms with Crippen molar-refractivity contribution in [3.05, 3.63) is 17.7 Å². The molecule has 0 radical (unpaired) electrons. The average molecular weight is 417 g/mol. The lowest BCUT2D eigenvalue weighted by atomic mass is 9.59. The monoisotopic (exact) mass is 416 g/mol. The Morgan fingerprint density at radius 3 is 2.93 bits per heavy atom. The van der Waals surface area contributed by atoms with Crippen LogP contribution in [0.1, 0.15) is 76.2 Å². The normalized spacial score (nSPS) is 30.3. The topological polar surface area (TPSA) is 64.4 Å². The summed E-state index contributed by atoms with van der Waals surface area (Å²) in [7, 11) is -1.18. The van der Waals surface area contributed by atoms with Gasteiger partial charge in [0.2, 0.25) is 0 Å². The van der Waals surface area contributed by atoms with Gasteiger partial charge < -0.3 is 9.26 Å². The van der Waals surface area contributed by atoms with Gasteiger partial charge >= 0.3 is 0 Å². The molecule has 1 aromatic carbocycles. The molecule has 2 bridgehead atoms. The maximum absolute atomic E-state index is 11.6. The van der Waals surface area contributed by atoms with Crippen LogP contribution in [-0.2, 0) is 11.0 Å². The van der Waals surface area contributed by atoms with E-state index in [1.54, 1.807) is 6.26 Å². The van der Waals surface area contributed by atoms with Crippen LogP contribution in [0, 0.1) is 17.3 Å². The SMILES string of the molecule is CCC1CC2CCCC(COc3cc4onc(NS(C)=O)c4cc3C3CC3)(C1)C2. The van der Waals surface area contributed by atoms with Crippen LogP contribution in [0.25, 0.3) is 11.0 Å². The van der Waals surface area contributed by atoms with Gasteiger partial charge in [-0.05, 0) is 67.9 Å². The molecule has 5 nitrogen and oxygen atoms in total. The van der Waals surface area contributed by atoms with Gasteiger partial charge in [0.25, 0.3) is 0 Å². The van der Waals surface area contributed by atoms with Crippen LogP contribution >= 0.6 is 0 Å². The van der Waals surface area contributed by atoms with Crippen molar-refractivity contribution in [2.75, 3.05) is 17.6 Å². The fourth-order valence-corrected chi connectivity index (χ4v) is 6.32. The van der Waals surface area contributed by atoms with Gasteiger partial charge in [-0.25, -0.2) is 4.21 Å². The van der Waals surface area contributed by atoms with Gasteiger partial charge in [0, 0.05) is 17.7 Å². The van der Waals surface area contributed by atoms with E-state index in [0.717, 1.165) is 29.6 Å². The predicted molar refractivity (Wildman–Crippen MR) is 117 cm³/mol. The molecule has 29 heavy (non-hydrogen) atoms. The molecule has 4 atom stereocenters. The Balaban J connectivity index is 1.41. The largest absolute Gasteiger partial charge is 0.493 e. The number of hydrogen-bond donors (Lipinski definition) is 1. The first-order valence-corrected chi connectivity index (χ1v) is 12.8. The van der Waals surface area contributed by atoms with Crippen LogP contribution < -0.4 is 9.46 Å². The molecule has 3 saturated carbocycles. The maximum atomic E-state index is 11.6. The summed E-state index contributed by atoms with van der Waals surface area (Å²) in [5.41, 5.74) is 2.31. The van der Waals surface area contributed by atoms with Crippen molar-refractivity contribution in [2.45, 2.75) is 70.6 Å². The minimum absolute atomic E-state index is 0.352. The summed E-state index contributed by atoms with van der Waals surface area (Å²) in [6.07, 6.45) is 13.5. The first-order valence-electron chi connectivity index (χ1n) is 11.2. The molecule has 3 fully saturated rings. The number of rotatable bonds is 7. The van der Waals surface area contributed by atoms with Gasteiger partial charge in [0.05, 0.1) is 12.0 Å². The molecule has 0 amide bonds. The van der Waals surface area contributed by atoms with E-state index in [1.807, 2.05) is 6.07 Å². The molecule has 3 aliphatic rings. The van der Waals surface area contributed by atoms with Crippen LogP contribution in [0.3, 0.4) is 0 Å². The zero-order valence-corrected chi connectivity index (χ0v) is 18.4. The molecular formula is C23H32N2O3S. The summed E-state index contributed by atoms with van der Waals surface area (Å²) in [5.74, 6) is 3.85. The third-order valence-corrected chi connectivity index (χ3v) is 7.88. The van der Waals surface area contributed by atoms with E-state index in [4.69, 9.17) is 9.26 Å². The molecule has 4 unspecified atom stereocenters. The Morgan fingerprint density at radius 1 is 1.31 bits per heavy atom. The number of nitrogens with one attached hydrogen (secondary N) is 1. The second-order valence-corrected chi connectivity index (χ2v) is 10.8. The number of fused-ring (bicyclic) bond motifs is 3. The number of aromatic nitrogens is 1. The Morgan fingerprint density at radius 2 is 2.17 bits per heavy atom. The molecular weight excluding hydrogens is 384 g/mol. The first kappa shape index (κ1) is 19.4. The van der Waals surface area contributed by atoms with Crippen molar-refractivity contribution in [3.8, 4) is 5.75 Å². The predicted octanol–water partition coefficient (Wildman–Crippen LogP) is 5.79. The Kier molecular flexibility index (Phi) is 5.09. The van der Waals surface area contributed by atoms with E-state index < -0.39 is 11.0 Å². The van der Waals surface area contributed by atoms with Gasteiger partial charge in [-0.3, -0.25) is 4.72 Å². The van der Waals surface area contributed by atoms with E-state index >= 15 is 0 Å². The lowest BCUT2D eigenvalue weighted by molar-refractivity contribution is -0.000583. The molecule has 1 N–H and O–H groups in total. The number of anilines is 1. The van der Waals surface area contributed by atoms with Crippen LogP contribution in [0.2, 0.25) is 0 Å². The molecule has 1 heterocycles. The highest BCUT2D eigenvalue weighted by atomic mass is 32.2. The number of benzene rings is 1. The van der Waals surface area contributed by atoms with Crippen molar-refractivity contribution < 1.29 is 13.5 Å². The quantitative estimate of drug-likeness (QED) is 0.621. The summed E-state index contributed by atoms with van der Waals surface area (Å²) in [5, 5.41) is 4.98. The van der Waals surface area contributed by atoms with Gasteiger partial charge in [0.1, 0.15) is 16.7 Å². The van der Waals surface area contributed by atoms with E-state index in [1.165, 1.54) is 63.4 Å². The molecule has 1 aromatic heterocycles. The molecule has 0 spiro atoms. The minimum atomic E-state index is -1.18. The summed E-state index contributed by atoms with van der Waals surface area (Å²) in [4.78, 5) is 0. The first-order chi connectivity index (χ1) is 14.0. The summed E-state index contributed by atoms with van der Waals surface area (Å²) < 4.78 is 26.6. The summed E-state index contributed by atoms with van der Waals surface area (Å²) in [6.45, 7) is 3.17. The average Bonchev–Trinajstić information content (AvgIpc) is 3.48. The van der Waals surface area contributed by atoms with Gasteiger partial charge in [0.15, 0.2) is 11.4 Å². The van der Waals surface area contributed by atoms with Crippen molar-refractivity contribution >= 4 is 27.8 Å². The third-order valence-electron chi connectivity index (χ3n) is 7.40. The maximum Gasteiger partial charge on any atom is 0.189 e. The standard InChI is InChI=1S/C23H32N2O3S/c1-3-15-9-16-5-4-8-23(12-15,13-16)14-27-20-11-21-19(10-18(20)17-6-7-17)22(24-28-21)25-29(2)26/h10-11,15-17H,3-9,12-14H2,1-2H3,(H,24,25). The minimum Gasteiger partial charge on any atom is -0.493 e. The van der Waals surface area contributed by atoms with Crippen molar-refractivity contribution in [2.24, 2.45) is 17.3 Å². The fraction of sp³-hybridized carbons (Fsp3) is 0.696. The second-order valence-electron chi connectivity index (χ2n) is 9.71. The van der Waals surface area contributed by atoms with Gasteiger partial charge in [-0.15, -0.1) is 0 Å². The highest BCUT2D eigenvalue weighted by molar-refractivity contribution is 7.85. The van der Waals surface area contributed by atoms with Crippen LogP contribution in [-0.4, -0.2) is 22.2 Å². The zero-order chi connectivity index (χ0) is 20.0. The summed E-state index contributed by atoms with van der Waals surface area (Å²) >= 11 is 0. The lowest BCUT2D eigenvalue weighted by Gasteiger charge is -2.48. The molecule has 3 aliphatic carbocycles. The van der Waals surface area contributed by atoms with E-state index in [0.29, 0.717) is 22.7 Å². The van der Waals surface area contributed by atoms with Crippen LogP contribution in [0.4, 0.5) is 5.82 Å². The molecule has 2 aromatic rings. The fourth-order valence-electron chi connectivity index (χ4n) is 5.90. The molecule has 5 rings (SSSR count). The highest BCUT2D eigenvalue weighted by Crippen LogP contribution is 2.53. The summed E-state index contributed by atoms with van der Waals surface area (Å²) in [6, 6.07) is 4.15.